The Balaban J connectivity index is 1.83. The molecule has 0 bridgehead atoms. The van der Waals surface area contributed by atoms with E-state index in [1.165, 1.54) is 24.3 Å². The summed E-state index contributed by atoms with van der Waals surface area (Å²) in [6, 6.07) is 11.8. The molecule has 0 aliphatic carbocycles. The Morgan fingerprint density at radius 2 is 1.79 bits per heavy atom. The highest BCUT2D eigenvalue weighted by Gasteiger charge is 2.36. The maximum Gasteiger partial charge on any atom is 0.268 e. The lowest BCUT2D eigenvalue weighted by Crippen LogP contribution is -2.45. The number of nitrogens with zero attached hydrogens (tertiary/aromatic N) is 1. The van der Waals surface area contributed by atoms with Crippen LogP contribution >= 0.6 is 0 Å². The number of nitrogens with one attached hydrogen (secondary N) is 1. The molecule has 0 fully saturated rings. The number of rotatable bonds is 3. The Hall–Kier alpha value is -2.74. The van der Waals surface area contributed by atoms with E-state index >= 15 is 0 Å². The van der Waals surface area contributed by atoms with E-state index in [-0.39, 0.29) is 17.0 Å². The van der Waals surface area contributed by atoms with Gasteiger partial charge in [-0.3, -0.25) is 9.59 Å². The Bertz CT molecular complexity index is 927. The molecule has 1 heterocycles. The Morgan fingerprint density at radius 3 is 2.54 bits per heavy atom. The van der Waals surface area contributed by atoms with Crippen molar-refractivity contribution in [1.29, 1.82) is 0 Å². The molecule has 6 nitrogen and oxygen atoms in total. The van der Waals surface area contributed by atoms with E-state index in [9.17, 15) is 22.4 Å². The zero-order valence-electron chi connectivity index (χ0n) is 12.4. The number of fused-ring (bicyclic) bond motifs is 1. The van der Waals surface area contributed by atoms with E-state index in [2.05, 4.69) is 5.32 Å². The van der Waals surface area contributed by atoms with Crippen molar-refractivity contribution in [2.45, 2.75) is 5.75 Å². The van der Waals surface area contributed by atoms with Crippen molar-refractivity contribution in [2.24, 2.45) is 0 Å². The second-order valence-electron chi connectivity index (χ2n) is 5.25. The number of para-hydroxylation sites is 1. The first kappa shape index (κ1) is 16.1. The number of hydrogen-bond acceptors (Lipinski definition) is 4. The van der Waals surface area contributed by atoms with Crippen LogP contribution < -0.4 is 5.32 Å². The fraction of sp³-hybridized carbons (Fsp3) is 0.125. The number of amides is 2. The van der Waals surface area contributed by atoms with E-state index in [4.69, 9.17) is 0 Å². The fourth-order valence-corrected chi connectivity index (χ4v) is 3.91. The molecule has 0 unspecified atom stereocenters. The summed E-state index contributed by atoms with van der Waals surface area (Å²) in [5.41, 5.74) is 0.559. The van der Waals surface area contributed by atoms with E-state index in [1.54, 1.807) is 18.2 Å². The van der Waals surface area contributed by atoms with E-state index < -0.39 is 34.2 Å². The van der Waals surface area contributed by atoms with Crippen LogP contribution in [0.25, 0.3) is 0 Å². The van der Waals surface area contributed by atoms with Gasteiger partial charge in [0.1, 0.15) is 12.4 Å². The van der Waals surface area contributed by atoms with E-state index in [0.29, 0.717) is 9.87 Å². The summed E-state index contributed by atoms with van der Waals surface area (Å²) >= 11 is 0. The predicted octanol–water partition coefficient (Wildman–Crippen LogP) is 1.75. The molecule has 1 aliphatic heterocycles. The standard InChI is InChI=1S/C16H13FN2O4S/c17-13-7-3-4-8-14(13)18-15(20)9-19-16(21)12-6-2-1-5-11(12)10-24(19,22)23/h1-8H,9-10H2,(H,18,20). The summed E-state index contributed by atoms with van der Waals surface area (Å²) in [5, 5.41) is 2.27. The molecular weight excluding hydrogens is 335 g/mol. The monoisotopic (exact) mass is 348 g/mol. The molecule has 24 heavy (non-hydrogen) atoms. The maximum absolute atomic E-state index is 13.5. The summed E-state index contributed by atoms with van der Waals surface area (Å²) in [7, 11) is -3.95. The number of carbonyl (C=O) groups excluding carboxylic acids is 2. The first-order valence-electron chi connectivity index (χ1n) is 7.05. The van der Waals surface area contributed by atoms with Gasteiger partial charge in [0.25, 0.3) is 5.91 Å². The van der Waals surface area contributed by atoms with Gasteiger partial charge in [0, 0.05) is 5.56 Å². The molecule has 1 N–H and O–H groups in total. The van der Waals surface area contributed by atoms with Crippen LogP contribution in [-0.4, -0.2) is 31.1 Å². The first-order valence-corrected chi connectivity index (χ1v) is 8.66. The summed E-state index contributed by atoms with van der Waals surface area (Å²) in [4.78, 5) is 24.4. The Labute approximate surface area is 138 Å². The lowest BCUT2D eigenvalue weighted by Gasteiger charge is -2.27. The molecule has 124 valence electrons. The van der Waals surface area contributed by atoms with Crippen LogP contribution in [0.5, 0.6) is 0 Å². The van der Waals surface area contributed by atoms with Crippen molar-refractivity contribution >= 4 is 27.5 Å². The van der Waals surface area contributed by atoms with Gasteiger partial charge in [0.2, 0.25) is 15.9 Å². The highest BCUT2D eigenvalue weighted by Crippen LogP contribution is 2.24. The number of hydrogen-bond donors (Lipinski definition) is 1. The largest absolute Gasteiger partial charge is 0.322 e. The summed E-state index contributed by atoms with van der Waals surface area (Å²) in [6.07, 6.45) is 0. The van der Waals surface area contributed by atoms with Crippen molar-refractivity contribution in [3.8, 4) is 0 Å². The fourth-order valence-electron chi connectivity index (χ4n) is 2.44. The highest BCUT2D eigenvalue weighted by atomic mass is 32.2. The summed E-state index contributed by atoms with van der Waals surface area (Å²) in [6.45, 7) is -0.705. The lowest BCUT2D eigenvalue weighted by atomic mass is 10.1. The molecule has 8 heteroatoms. The Kier molecular flexibility index (Phi) is 4.06. The SMILES string of the molecule is O=C(CN1C(=O)c2ccccc2CS1(=O)=O)Nc1ccccc1F. The van der Waals surface area contributed by atoms with Crippen LogP contribution in [0.2, 0.25) is 0 Å². The van der Waals surface area contributed by atoms with Crippen LogP contribution in [0.1, 0.15) is 15.9 Å². The van der Waals surface area contributed by atoms with Gasteiger partial charge in [-0.2, -0.15) is 0 Å². The third-order valence-electron chi connectivity index (χ3n) is 3.58. The molecule has 0 saturated heterocycles. The average molecular weight is 348 g/mol. The predicted molar refractivity (Wildman–Crippen MR) is 85.1 cm³/mol. The van der Waals surface area contributed by atoms with Gasteiger partial charge in [-0.05, 0) is 23.8 Å². The minimum atomic E-state index is -3.95. The minimum Gasteiger partial charge on any atom is -0.322 e. The third kappa shape index (κ3) is 3.00. The quantitative estimate of drug-likeness (QED) is 0.916. The molecule has 1 aliphatic rings. The summed E-state index contributed by atoms with van der Waals surface area (Å²) in [5.74, 6) is -2.57. The number of carbonyl (C=O) groups is 2. The number of halogens is 1. The normalized spacial score (nSPS) is 15.7. The first-order chi connectivity index (χ1) is 11.4. The van der Waals surface area contributed by atoms with Crippen molar-refractivity contribution < 1.29 is 22.4 Å². The van der Waals surface area contributed by atoms with Gasteiger partial charge >= 0.3 is 0 Å². The van der Waals surface area contributed by atoms with Crippen LogP contribution in [0, 0.1) is 5.82 Å². The third-order valence-corrected chi connectivity index (χ3v) is 5.23. The van der Waals surface area contributed by atoms with Gasteiger partial charge in [-0.1, -0.05) is 30.3 Å². The van der Waals surface area contributed by atoms with E-state index in [1.807, 2.05) is 0 Å². The second kappa shape index (κ2) is 6.04. The average Bonchev–Trinajstić information content (AvgIpc) is 2.53. The zero-order chi connectivity index (χ0) is 17.3. The van der Waals surface area contributed by atoms with Crippen LogP contribution in [0.4, 0.5) is 10.1 Å². The topological polar surface area (TPSA) is 83.6 Å². The van der Waals surface area contributed by atoms with Crippen LogP contribution in [0.15, 0.2) is 48.5 Å². The smallest absolute Gasteiger partial charge is 0.268 e. The molecule has 2 aromatic rings. The molecule has 2 amide bonds. The van der Waals surface area contributed by atoms with Crippen molar-refractivity contribution in [3.05, 3.63) is 65.5 Å². The molecule has 0 radical (unpaired) electrons. The molecule has 2 aromatic carbocycles. The van der Waals surface area contributed by atoms with Gasteiger partial charge in [-0.15, -0.1) is 0 Å². The minimum absolute atomic E-state index is 0.0789. The molecule has 0 atom stereocenters. The highest BCUT2D eigenvalue weighted by molar-refractivity contribution is 7.89. The van der Waals surface area contributed by atoms with E-state index in [0.717, 1.165) is 6.07 Å². The van der Waals surface area contributed by atoms with Crippen molar-refractivity contribution in [1.82, 2.24) is 4.31 Å². The molecule has 0 spiro atoms. The van der Waals surface area contributed by atoms with Crippen molar-refractivity contribution in [2.75, 3.05) is 11.9 Å². The lowest BCUT2D eigenvalue weighted by molar-refractivity contribution is -0.116. The van der Waals surface area contributed by atoms with Crippen LogP contribution in [0.3, 0.4) is 0 Å². The maximum atomic E-state index is 13.5. The van der Waals surface area contributed by atoms with Crippen molar-refractivity contribution in [3.63, 3.8) is 0 Å². The van der Waals surface area contributed by atoms with Gasteiger partial charge in [0.05, 0.1) is 11.4 Å². The molecule has 0 saturated carbocycles. The zero-order valence-corrected chi connectivity index (χ0v) is 13.2. The number of anilines is 1. The van der Waals surface area contributed by atoms with Crippen LogP contribution in [-0.2, 0) is 20.6 Å². The Morgan fingerprint density at radius 1 is 1.12 bits per heavy atom. The molecule has 0 aromatic heterocycles. The number of sulfonamides is 1. The number of benzene rings is 2. The molecule has 3 rings (SSSR count). The summed E-state index contributed by atoms with van der Waals surface area (Å²) < 4.78 is 38.6. The molecular formula is C16H13FN2O4S. The van der Waals surface area contributed by atoms with Gasteiger partial charge in [-0.25, -0.2) is 17.1 Å². The van der Waals surface area contributed by atoms with Gasteiger partial charge < -0.3 is 5.32 Å². The second-order valence-corrected chi connectivity index (χ2v) is 7.15. The van der Waals surface area contributed by atoms with Gasteiger partial charge in [0.15, 0.2) is 0 Å².